The van der Waals surface area contributed by atoms with Gasteiger partial charge in [0, 0.05) is 11.6 Å². The van der Waals surface area contributed by atoms with E-state index in [9.17, 15) is 14.9 Å². The molecule has 138 valence electrons. The molecule has 9 nitrogen and oxygen atoms in total. The number of nitrogens with zero attached hydrogens (tertiary/aromatic N) is 3. The molecular formula is C18H15N3O6. The van der Waals surface area contributed by atoms with Gasteiger partial charge in [-0.2, -0.15) is 0 Å². The Hall–Kier alpha value is -3.75. The minimum atomic E-state index is -0.830. The molecule has 0 saturated heterocycles. The minimum absolute atomic E-state index is 0.0112. The third kappa shape index (κ3) is 3.92. The number of nitro benzene ring substituents is 1. The first kappa shape index (κ1) is 18.1. The van der Waals surface area contributed by atoms with Gasteiger partial charge in [-0.15, -0.1) is 10.2 Å². The molecular weight excluding hydrogens is 354 g/mol. The fourth-order valence-corrected chi connectivity index (χ4v) is 2.33. The van der Waals surface area contributed by atoms with E-state index in [1.807, 2.05) is 30.3 Å². The fraction of sp³-hybridized carbons (Fsp3) is 0.167. The highest BCUT2D eigenvalue weighted by Gasteiger charge is 2.23. The molecule has 0 fully saturated rings. The number of aromatic nitrogens is 2. The van der Waals surface area contributed by atoms with Gasteiger partial charge in [-0.1, -0.05) is 18.2 Å². The summed E-state index contributed by atoms with van der Waals surface area (Å²) in [7, 11) is 1.31. The predicted octanol–water partition coefficient (Wildman–Crippen LogP) is 3.57. The van der Waals surface area contributed by atoms with Gasteiger partial charge in [0.15, 0.2) is 11.9 Å². The van der Waals surface area contributed by atoms with E-state index in [0.29, 0.717) is 5.89 Å². The van der Waals surface area contributed by atoms with Crippen molar-refractivity contribution in [3.05, 3.63) is 70.1 Å². The number of rotatable bonds is 6. The van der Waals surface area contributed by atoms with E-state index in [4.69, 9.17) is 13.9 Å². The molecule has 0 spiro atoms. The number of esters is 1. The smallest absolute Gasteiger partial charge is 0.339 e. The Bertz CT molecular complexity index is 970. The first-order valence-electron chi connectivity index (χ1n) is 7.92. The summed E-state index contributed by atoms with van der Waals surface area (Å²) in [6.07, 6.45) is -0.830. The zero-order valence-corrected chi connectivity index (χ0v) is 14.5. The van der Waals surface area contributed by atoms with E-state index >= 15 is 0 Å². The number of hydrogen-bond donors (Lipinski definition) is 0. The summed E-state index contributed by atoms with van der Waals surface area (Å²) in [4.78, 5) is 22.7. The van der Waals surface area contributed by atoms with Gasteiger partial charge >= 0.3 is 11.7 Å². The molecule has 0 aliphatic rings. The average molecular weight is 369 g/mol. The van der Waals surface area contributed by atoms with Gasteiger partial charge in [-0.25, -0.2) is 4.79 Å². The van der Waals surface area contributed by atoms with Crippen LogP contribution in [0, 0.1) is 10.1 Å². The number of methoxy groups -OCH3 is 1. The van der Waals surface area contributed by atoms with Gasteiger partial charge in [0.1, 0.15) is 0 Å². The van der Waals surface area contributed by atoms with Crippen LogP contribution in [0.4, 0.5) is 5.69 Å². The Kier molecular flexibility index (Phi) is 5.11. The average Bonchev–Trinajstić information content (AvgIpc) is 3.18. The summed E-state index contributed by atoms with van der Waals surface area (Å²) < 4.78 is 15.7. The molecule has 2 aromatic carbocycles. The van der Waals surface area contributed by atoms with Crippen molar-refractivity contribution in [2.75, 3.05) is 7.11 Å². The molecule has 0 radical (unpaired) electrons. The van der Waals surface area contributed by atoms with Crippen molar-refractivity contribution in [1.82, 2.24) is 10.2 Å². The Morgan fingerprint density at radius 2 is 1.93 bits per heavy atom. The van der Waals surface area contributed by atoms with Crippen LogP contribution in [0.1, 0.15) is 29.3 Å². The maximum atomic E-state index is 12.3. The van der Waals surface area contributed by atoms with Crippen LogP contribution in [0.15, 0.2) is 52.9 Å². The summed E-state index contributed by atoms with van der Waals surface area (Å²) in [5.41, 5.74) is 0.418. The second-order valence-corrected chi connectivity index (χ2v) is 5.50. The summed E-state index contributed by atoms with van der Waals surface area (Å²) >= 11 is 0. The van der Waals surface area contributed by atoms with E-state index in [0.717, 1.165) is 11.6 Å². The van der Waals surface area contributed by atoms with E-state index < -0.39 is 17.0 Å². The highest BCUT2D eigenvalue weighted by molar-refractivity contribution is 5.90. The summed E-state index contributed by atoms with van der Waals surface area (Å²) in [6.45, 7) is 1.57. The van der Waals surface area contributed by atoms with Crippen molar-refractivity contribution in [1.29, 1.82) is 0 Å². The lowest BCUT2D eigenvalue weighted by molar-refractivity contribution is -0.385. The number of benzene rings is 2. The molecule has 0 aliphatic carbocycles. The van der Waals surface area contributed by atoms with Gasteiger partial charge in [-0.05, 0) is 31.2 Å². The Morgan fingerprint density at radius 1 is 1.19 bits per heavy atom. The largest absolute Gasteiger partial charge is 0.490 e. The monoisotopic (exact) mass is 369 g/mol. The topological polar surface area (TPSA) is 118 Å². The molecule has 0 aliphatic heterocycles. The lowest BCUT2D eigenvalue weighted by Crippen LogP contribution is -2.10. The van der Waals surface area contributed by atoms with Gasteiger partial charge < -0.3 is 13.9 Å². The van der Waals surface area contributed by atoms with Crippen molar-refractivity contribution in [3.8, 4) is 17.2 Å². The highest BCUT2D eigenvalue weighted by atomic mass is 16.6. The molecule has 0 saturated carbocycles. The molecule has 9 heteroatoms. The van der Waals surface area contributed by atoms with Gasteiger partial charge in [0.2, 0.25) is 5.89 Å². The number of ether oxygens (including phenoxy) is 2. The Labute approximate surface area is 153 Å². The molecule has 0 amide bonds. The van der Waals surface area contributed by atoms with E-state index in [-0.39, 0.29) is 22.9 Å². The predicted molar refractivity (Wildman–Crippen MR) is 93.2 cm³/mol. The van der Waals surface area contributed by atoms with Gasteiger partial charge in [0.25, 0.3) is 5.89 Å². The van der Waals surface area contributed by atoms with E-state index in [1.54, 1.807) is 6.92 Å². The van der Waals surface area contributed by atoms with Crippen LogP contribution < -0.4 is 4.74 Å². The molecule has 1 heterocycles. The van der Waals surface area contributed by atoms with Crippen LogP contribution in [-0.2, 0) is 4.74 Å². The van der Waals surface area contributed by atoms with E-state index in [2.05, 4.69) is 10.2 Å². The van der Waals surface area contributed by atoms with Crippen LogP contribution in [-0.4, -0.2) is 28.2 Å². The first-order chi connectivity index (χ1) is 13.0. The standard InChI is InChI=1S/C18H15N3O6/c1-11(16-19-20-17(27-16)12-6-4-3-5-7-12)26-18(22)13-8-9-15(25-2)14(10-13)21(23)24/h3-11H,1-2H3/t11-/m1/s1. The van der Waals surface area contributed by atoms with Crippen molar-refractivity contribution >= 4 is 11.7 Å². The lowest BCUT2D eigenvalue weighted by Gasteiger charge is -2.10. The minimum Gasteiger partial charge on any atom is -0.490 e. The normalized spacial score (nSPS) is 11.6. The molecule has 0 unspecified atom stereocenters. The summed E-state index contributed by atoms with van der Waals surface area (Å²) in [6, 6.07) is 13.0. The third-order valence-corrected chi connectivity index (χ3v) is 3.70. The van der Waals surface area contributed by atoms with Gasteiger partial charge in [0.05, 0.1) is 17.6 Å². The number of nitro groups is 1. The molecule has 0 N–H and O–H groups in total. The Morgan fingerprint density at radius 3 is 2.59 bits per heavy atom. The number of carbonyl (C=O) groups is 1. The van der Waals surface area contributed by atoms with Crippen LogP contribution >= 0.6 is 0 Å². The lowest BCUT2D eigenvalue weighted by atomic mass is 10.2. The fourth-order valence-electron chi connectivity index (χ4n) is 2.33. The molecule has 27 heavy (non-hydrogen) atoms. The van der Waals surface area contributed by atoms with Crippen molar-refractivity contribution in [2.45, 2.75) is 13.0 Å². The first-order valence-corrected chi connectivity index (χ1v) is 7.92. The quantitative estimate of drug-likeness (QED) is 0.368. The maximum Gasteiger partial charge on any atom is 0.339 e. The molecule has 3 aromatic rings. The van der Waals surface area contributed by atoms with Crippen LogP contribution in [0.5, 0.6) is 5.75 Å². The second-order valence-electron chi connectivity index (χ2n) is 5.50. The van der Waals surface area contributed by atoms with Crippen molar-refractivity contribution in [3.63, 3.8) is 0 Å². The Balaban J connectivity index is 1.75. The van der Waals surface area contributed by atoms with Crippen molar-refractivity contribution in [2.24, 2.45) is 0 Å². The molecule has 1 aromatic heterocycles. The maximum absolute atomic E-state index is 12.3. The van der Waals surface area contributed by atoms with Gasteiger partial charge in [-0.3, -0.25) is 10.1 Å². The third-order valence-electron chi connectivity index (χ3n) is 3.70. The molecule has 3 rings (SSSR count). The second kappa shape index (κ2) is 7.65. The molecule has 1 atom stereocenters. The zero-order valence-electron chi connectivity index (χ0n) is 14.5. The summed E-state index contributed by atoms with van der Waals surface area (Å²) in [5, 5.41) is 18.9. The highest BCUT2D eigenvalue weighted by Crippen LogP contribution is 2.29. The SMILES string of the molecule is COc1ccc(C(=O)O[C@H](C)c2nnc(-c3ccccc3)o2)cc1[N+](=O)[O-]. The van der Waals surface area contributed by atoms with Crippen LogP contribution in [0.2, 0.25) is 0 Å². The molecule has 0 bridgehead atoms. The van der Waals surface area contributed by atoms with Crippen molar-refractivity contribution < 1.29 is 23.6 Å². The van der Waals surface area contributed by atoms with E-state index in [1.165, 1.54) is 19.2 Å². The zero-order chi connectivity index (χ0) is 19.4. The summed E-state index contributed by atoms with van der Waals surface area (Å²) in [5.74, 6) is -0.291. The number of hydrogen-bond acceptors (Lipinski definition) is 8. The van der Waals surface area contributed by atoms with Crippen LogP contribution in [0.25, 0.3) is 11.5 Å². The number of carbonyl (C=O) groups excluding carboxylic acids is 1. The van der Waals surface area contributed by atoms with Crippen LogP contribution in [0.3, 0.4) is 0 Å².